The highest BCUT2D eigenvalue weighted by atomic mass is 19.1. The van der Waals surface area contributed by atoms with Crippen LogP contribution in [-0.2, 0) is 28.8 Å². The molecule has 0 bridgehead atoms. The molecule has 3 nitrogen and oxygen atoms in total. The van der Waals surface area contributed by atoms with Crippen molar-refractivity contribution in [2.24, 2.45) is 0 Å². The zero-order valence-corrected chi connectivity index (χ0v) is 14.0. The molecule has 0 radical (unpaired) electrons. The predicted octanol–water partition coefficient (Wildman–Crippen LogP) is 4.26. The minimum absolute atomic E-state index is 0.209. The second-order valence-corrected chi connectivity index (χ2v) is 6.20. The summed E-state index contributed by atoms with van der Waals surface area (Å²) < 4.78 is 18.9. The Morgan fingerprint density at radius 1 is 1.29 bits per heavy atom. The molecule has 1 aliphatic carbocycles. The number of halogens is 1. The molecule has 0 N–H and O–H groups in total. The number of hydrogen-bond donors (Lipinski definition) is 0. The SMILES string of the molecule is CCCCOC(=O)Cc1c(-c2ccnc(F)c2)ccc2c1CCC2. The van der Waals surface area contributed by atoms with Gasteiger partial charge in [-0.25, -0.2) is 4.98 Å². The summed E-state index contributed by atoms with van der Waals surface area (Å²) in [6.45, 7) is 2.53. The van der Waals surface area contributed by atoms with Crippen molar-refractivity contribution in [1.29, 1.82) is 0 Å². The van der Waals surface area contributed by atoms with Crippen molar-refractivity contribution in [2.75, 3.05) is 6.61 Å². The van der Waals surface area contributed by atoms with Crippen molar-refractivity contribution in [3.8, 4) is 11.1 Å². The molecule has 1 aromatic heterocycles. The van der Waals surface area contributed by atoms with Crippen LogP contribution in [0.1, 0.15) is 42.9 Å². The smallest absolute Gasteiger partial charge is 0.310 e. The summed E-state index contributed by atoms with van der Waals surface area (Å²) in [6, 6.07) is 7.30. The highest BCUT2D eigenvalue weighted by Gasteiger charge is 2.21. The molecule has 0 amide bonds. The van der Waals surface area contributed by atoms with Crippen LogP contribution in [0.5, 0.6) is 0 Å². The van der Waals surface area contributed by atoms with Gasteiger partial charge in [-0.05, 0) is 59.6 Å². The molecule has 2 aromatic rings. The van der Waals surface area contributed by atoms with E-state index in [4.69, 9.17) is 4.74 Å². The number of aryl methyl sites for hydroxylation is 1. The van der Waals surface area contributed by atoms with Crippen LogP contribution in [0, 0.1) is 5.95 Å². The molecular weight excluding hydrogens is 305 g/mol. The van der Waals surface area contributed by atoms with E-state index in [1.54, 1.807) is 6.07 Å². The zero-order chi connectivity index (χ0) is 16.9. The number of rotatable bonds is 6. The van der Waals surface area contributed by atoms with Gasteiger partial charge < -0.3 is 4.74 Å². The number of fused-ring (bicyclic) bond motifs is 1. The fourth-order valence-electron chi connectivity index (χ4n) is 3.31. The van der Waals surface area contributed by atoms with Crippen LogP contribution in [0.15, 0.2) is 30.5 Å². The fourth-order valence-corrected chi connectivity index (χ4v) is 3.31. The van der Waals surface area contributed by atoms with Crippen LogP contribution in [-0.4, -0.2) is 17.6 Å². The lowest BCUT2D eigenvalue weighted by molar-refractivity contribution is -0.142. The van der Waals surface area contributed by atoms with Gasteiger partial charge in [0, 0.05) is 12.3 Å². The highest BCUT2D eigenvalue weighted by molar-refractivity contribution is 5.79. The van der Waals surface area contributed by atoms with Gasteiger partial charge in [0.1, 0.15) is 0 Å². The Morgan fingerprint density at radius 2 is 2.17 bits per heavy atom. The van der Waals surface area contributed by atoms with Crippen molar-refractivity contribution < 1.29 is 13.9 Å². The van der Waals surface area contributed by atoms with E-state index in [-0.39, 0.29) is 12.4 Å². The van der Waals surface area contributed by atoms with Gasteiger partial charge in [0.2, 0.25) is 5.95 Å². The molecule has 0 spiro atoms. The molecule has 1 heterocycles. The Kier molecular flexibility index (Phi) is 5.24. The Labute approximate surface area is 141 Å². The molecule has 0 aliphatic heterocycles. The predicted molar refractivity (Wildman–Crippen MR) is 91.2 cm³/mol. The number of ether oxygens (including phenoxy) is 1. The van der Waals surface area contributed by atoms with Crippen molar-refractivity contribution in [3.63, 3.8) is 0 Å². The van der Waals surface area contributed by atoms with E-state index in [0.29, 0.717) is 6.61 Å². The summed E-state index contributed by atoms with van der Waals surface area (Å²) in [5.74, 6) is -0.719. The van der Waals surface area contributed by atoms with E-state index in [1.807, 2.05) is 6.07 Å². The second kappa shape index (κ2) is 7.56. The first-order valence-electron chi connectivity index (χ1n) is 8.60. The highest BCUT2D eigenvalue weighted by Crippen LogP contribution is 2.34. The number of esters is 1. The third-order valence-electron chi connectivity index (χ3n) is 4.52. The molecule has 126 valence electrons. The van der Waals surface area contributed by atoms with Gasteiger partial charge in [0.15, 0.2) is 0 Å². The molecule has 0 fully saturated rings. The molecule has 1 aliphatic rings. The van der Waals surface area contributed by atoms with Crippen LogP contribution >= 0.6 is 0 Å². The van der Waals surface area contributed by atoms with Crippen molar-refractivity contribution in [1.82, 2.24) is 4.98 Å². The third-order valence-corrected chi connectivity index (χ3v) is 4.52. The average Bonchev–Trinajstić information content (AvgIpc) is 3.04. The summed E-state index contributed by atoms with van der Waals surface area (Å²) in [7, 11) is 0. The first kappa shape index (κ1) is 16.6. The van der Waals surface area contributed by atoms with E-state index >= 15 is 0 Å². The average molecular weight is 327 g/mol. The number of nitrogens with zero attached hydrogens (tertiary/aromatic N) is 1. The molecule has 24 heavy (non-hydrogen) atoms. The fraction of sp³-hybridized carbons (Fsp3) is 0.400. The van der Waals surface area contributed by atoms with Crippen LogP contribution in [0.25, 0.3) is 11.1 Å². The summed E-state index contributed by atoms with van der Waals surface area (Å²) in [4.78, 5) is 15.8. The van der Waals surface area contributed by atoms with Crippen molar-refractivity contribution in [2.45, 2.75) is 45.4 Å². The van der Waals surface area contributed by atoms with E-state index < -0.39 is 5.95 Å². The zero-order valence-electron chi connectivity index (χ0n) is 14.0. The van der Waals surface area contributed by atoms with Crippen molar-refractivity contribution in [3.05, 3.63) is 53.1 Å². The molecule has 0 saturated heterocycles. The standard InChI is InChI=1S/C20H22FNO2/c1-2-3-11-24-20(23)13-18-16-6-4-5-14(16)7-8-17(18)15-9-10-22-19(21)12-15/h7-10,12H,2-6,11,13H2,1H3. The number of aromatic nitrogens is 1. The largest absolute Gasteiger partial charge is 0.465 e. The quantitative estimate of drug-likeness (QED) is 0.452. The maximum atomic E-state index is 13.5. The molecule has 1 aromatic carbocycles. The van der Waals surface area contributed by atoms with E-state index in [0.717, 1.165) is 48.8 Å². The van der Waals surface area contributed by atoms with Crippen LogP contribution in [0.4, 0.5) is 4.39 Å². The number of carbonyl (C=O) groups excluding carboxylic acids is 1. The first-order valence-corrected chi connectivity index (χ1v) is 8.60. The maximum Gasteiger partial charge on any atom is 0.310 e. The van der Waals surface area contributed by atoms with Gasteiger partial charge in [-0.3, -0.25) is 4.79 Å². The number of pyridine rings is 1. The van der Waals surface area contributed by atoms with E-state index in [2.05, 4.69) is 18.0 Å². The minimum atomic E-state index is -0.510. The van der Waals surface area contributed by atoms with Gasteiger partial charge in [-0.1, -0.05) is 25.5 Å². The summed E-state index contributed by atoms with van der Waals surface area (Å²) >= 11 is 0. The maximum absolute atomic E-state index is 13.5. The summed E-state index contributed by atoms with van der Waals surface area (Å²) in [6.07, 6.45) is 6.68. The van der Waals surface area contributed by atoms with Gasteiger partial charge >= 0.3 is 5.97 Å². The number of benzene rings is 1. The minimum Gasteiger partial charge on any atom is -0.465 e. The van der Waals surface area contributed by atoms with Crippen molar-refractivity contribution >= 4 is 5.97 Å². The molecule has 4 heteroatoms. The van der Waals surface area contributed by atoms with Gasteiger partial charge in [-0.15, -0.1) is 0 Å². The molecule has 0 saturated carbocycles. The first-order chi connectivity index (χ1) is 11.7. The monoisotopic (exact) mass is 327 g/mol. The molecular formula is C20H22FNO2. The normalized spacial score (nSPS) is 12.9. The molecule has 0 unspecified atom stereocenters. The number of hydrogen-bond acceptors (Lipinski definition) is 3. The lowest BCUT2D eigenvalue weighted by atomic mass is 9.91. The third kappa shape index (κ3) is 3.64. The van der Waals surface area contributed by atoms with Crippen LogP contribution in [0.3, 0.4) is 0 Å². The van der Waals surface area contributed by atoms with Gasteiger partial charge in [-0.2, -0.15) is 4.39 Å². The summed E-state index contributed by atoms with van der Waals surface area (Å²) in [5, 5.41) is 0. The van der Waals surface area contributed by atoms with E-state index in [9.17, 15) is 9.18 Å². The van der Waals surface area contributed by atoms with Gasteiger partial charge in [0.05, 0.1) is 13.0 Å². The lowest BCUT2D eigenvalue weighted by Gasteiger charge is -2.15. The molecule has 0 atom stereocenters. The Hall–Kier alpha value is -2.23. The Bertz CT molecular complexity index is 742. The van der Waals surface area contributed by atoms with Crippen LogP contribution < -0.4 is 0 Å². The Balaban J connectivity index is 1.93. The molecule has 3 rings (SSSR count). The second-order valence-electron chi connectivity index (χ2n) is 6.20. The summed E-state index contributed by atoms with van der Waals surface area (Å²) in [5.41, 5.74) is 5.18. The number of carbonyl (C=O) groups is 1. The van der Waals surface area contributed by atoms with Gasteiger partial charge in [0.25, 0.3) is 0 Å². The Morgan fingerprint density at radius 3 is 2.96 bits per heavy atom. The topological polar surface area (TPSA) is 39.2 Å². The number of unbranched alkanes of at least 4 members (excludes halogenated alkanes) is 1. The lowest BCUT2D eigenvalue weighted by Crippen LogP contribution is -2.11. The van der Waals surface area contributed by atoms with E-state index in [1.165, 1.54) is 23.4 Å². The van der Waals surface area contributed by atoms with Crippen LogP contribution in [0.2, 0.25) is 0 Å².